The number of carbonyl (C=O) groups excluding carboxylic acids is 1. The van der Waals surface area contributed by atoms with E-state index in [2.05, 4.69) is 60.5 Å². The zero-order valence-electron chi connectivity index (χ0n) is 18.4. The molecule has 160 valence electrons. The van der Waals surface area contributed by atoms with E-state index in [9.17, 15) is 4.79 Å². The molecule has 1 aromatic heterocycles. The van der Waals surface area contributed by atoms with Gasteiger partial charge in [-0.05, 0) is 68.6 Å². The first-order chi connectivity index (χ1) is 14.7. The summed E-state index contributed by atoms with van der Waals surface area (Å²) in [5.41, 5.74) is 5.88. The maximum Gasteiger partial charge on any atom is 0.234 e. The van der Waals surface area contributed by atoms with Crippen LogP contribution in [0.4, 0.5) is 0 Å². The highest BCUT2D eigenvalue weighted by Gasteiger charge is 2.33. The number of carbonyl (C=O) groups is 1. The lowest BCUT2D eigenvalue weighted by molar-refractivity contribution is -0.122. The molecule has 1 atom stereocenters. The minimum atomic E-state index is 0.153. The summed E-state index contributed by atoms with van der Waals surface area (Å²) in [7, 11) is 0. The number of rotatable bonds is 7. The van der Waals surface area contributed by atoms with E-state index in [1.807, 2.05) is 11.3 Å². The highest BCUT2D eigenvalue weighted by Crippen LogP contribution is 2.42. The van der Waals surface area contributed by atoms with Crippen LogP contribution in [0.15, 0.2) is 42.0 Å². The Morgan fingerprint density at radius 2 is 2.03 bits per heavy atom. The minimum absolute atomic E-state index is 0.153. The van der Waals surface area contributed by atoms with Gasteiger partial charge < -0.3 is 5.32 Å². The van der Waals surface area contributed by atoms with Crippen LogP contribution in [0.25, 0.3) is 0 Å². The molecule has 1 aromatic carbocycles. The fourth-order valence-electron chi connectivity index (χ4n) is 5.06. The summed E-state index contributed by atoms with van der Waals surface area (Å²) in [6, 6.07) is 10.9. The molecule has 3 nitrogen and oxygen atoms in total. The topological polar surface area (TPSA) is 32.3 Å². The fraction of sp³-hybridized carbons (Fsp3) is 0.500. The number of thiophene rings is 1. The number of allylic oxidation sites excluding steroid dienone is 1. The van der Waals surface area contributed by atoms with Crippen LogP contribution in [0.1, 0.15) is 71.5 Å². The van der Waals surface area contributed by atoms with Crippen molar-refractivity contribution in [2.45, 2.75) is 64.8 Å². The van der Waals surface area contributed by atoms with Crippen molar-refractivity contribution in [2.75, 3.05) is 19.6 Å². The van der Waals surface area contributed by atoms with Crippen LogP contribution in [0.5, 0.6) is 0 Å². The van der Waals surface area contributed by atoms with Crippen molar-refractivity contribution in [1.29, 1.82) is 0 Å². The molecule has 2 heterocycles. The molecule has 0 saturated heterocycles. The maximum absolute atomic E-state index is 12.8. The molecule has 0 spiro atoms. The third-order valence-electron chi connectivity index (χ3n) is 6.58. The third kappa shape index (κ3) is 4.70. The average Bonchev–Trinajstić information content (AvgIpc) is 3.09. The second kappa shape index (κ2) is 9.93. The molecule has 0 saturated carbocycles. The zero-order valence-corrected chi connectivity index (χ0v) is 19.2. The Balaban J connectivity index is 1.47. The SMILES string of the molecule is CCc1c(C)sc2c1CCN(CC(=O)NCCC1=CCCCC1)[C@@H]2c1ccccc1. The van der Waals surface area contributed by atoms with Crippen LogP contribution >= 0.6 is 11.3 Å². The number of benzene rings is 1. The smallest absolute Gasteiger partial charge is 0.234 e. The maximum atomic E-state index is 12.8. The Labute approximate surface area is 185 Å². The van der Waals surface area contributed by atoms with E-state index in [0.29, 0.717) is 6.54 Å². The van der Waals surface area contributed by atoms with Crippen molar-refractivity contribution < 1.29 is 4.79 Å². The number of aryl methyl sites for hydroxylation is 1. The van der Waals surface area contributed by atoms with Crippen LogP contribution in [0, 0.1) is 6.92 Å². The summed E-state index contributed by atoms with van der Waals surface area (Å²) in [5, 5.41) is 3.18. The summed E-state index contributed by atoms with van der Waals surface area (Å²) in [5.74, 6) is 0.153. The molecule has 4 rings (SSSR count). The molecule has 0 bridgehead atoms. The Bertz CT molecular complexity index is 899. The van der Waals surface area contributed by atoms with Gasteiger partial charge >= 0.3 is 0 Å². The number of nitrogens with zero attached hydrogens (tertiary/aromatic N) is 1. The summed E-state index contributed by atoms with van der Waals surface area (Å²) < 4.78 is 0. The van der Waals surface area contributed by atoms with Crippen molar-refractivity contribution in [3.05, 3.63) is 68.4 Å². The number of nitrogens with one attached hydrogen (secondary N) is 1. The van der Waals surface area contributed by atoms with E-state index in [4.69, 9.17) is 0 Å². The van der Waals surface area contributed by atoms with Crippen molar-refractivity contribution in [2.24, 2.45) is 0 Å². The van der Waals surface area contributed by atoms with Crippen molar-refractivity contribution in [3.8, 4) is 0 Å². The summed E-state index contributed by atoms with van der Waals surface area (Å²) in [6.45, 7) is 6.68. The third-order valence-corrected chi connectivity index (χ3v) is 7.82. The van der Waals surface area contributed by atoms with Gasteiger partial charge in [0, 0.05) is 22.8 Å². The standard InChI is InChI=1S/C26H34N2OS/c1-3-22-19(2)30-26-23(22)15-17-28(25(26)21-12-8-5-9-13-21)18-24(29)27-16-14-20-10-6-4-7-11-20/h5,8-10,12-13,25H,3-4,6-7,11,14-18H2,1-2H3,(H,27,29)/t25-/m1/s1. The van der Waals surface area contributed by atoms with Crippen LogP contribution in [-0.2, 0) is 17.6 Å². The number of amides is 1. The van der Waals surface area contributed by atoms with Gasteiger partial charge in [0.1, 0.15) is 0 Å². The second-order valence-electron chi connectivity index (χ2n) is 8.57. The van der Waals surface area contributed by atoms with E-state index < -0.39 is 0 Å². The monoisotopic (exact) mass is 422 g/mol. The molecular weight excluding hydrogens is 388 g/mol. The quantitative estimate of drug-likeness (QED) is 0.591. The number of fused-ring (bicyclic) bond motifs is 1. The predicted molar refractivity (Wildman–Crippen MR) is 126 cm³/mol. The number of hydrogen-bond acceptors (Lipinski definition) is 3. The molecule has 2 aromatic rings. The van der Waals surface area contributed by atoms with Gasteiger partial charge in [-0.25, -0.2) is 0 Å². The lowest BCUT2D eigenvalue weighted by atomic mass is 9.91. The Morgan fingerprint density at radius 1 is 1.20 bits per heavy atom. The van der Waals surface area contributed by atoms with Crippen molar-refractivity contribution in [3.63, 3.8) is 0 Å². The molecule has 1 aliphatic heterocycles. The normalized spacial score (nSPS) is 19.3. The van der Waals surface area contributed by atoms with E-state index in [1.165, 1.54) is 57.7 Å². The first-order valence-electron chi connectivity index (χ1n) is 11.5. The first kappa shape index (κ1) is 21.3. The highest BCUT2D eigenvalue weighted by molar-refractivity contribution is 7.12. The van der Waals surface area contributed by atoms with Gasteiger partial charge in [-0.2, -0.15) is 0 Å². The molecule has 1 N–H and O–H groups in total. The lowest BCUT2D eigenvalue weighted by Gasteiger charge is -2.36. The van der Waals surface area contributed by atoms with E-state index in [0.717, 1.165) is 32.4 Å². The average molecular weight is 423 g/mol. The van der Waals surface area contributed by atoms with Gasteiger partial charge in [0.15, 0.2) is 0 Å². The predicted octanol–water partition coefficient (Wildman–Crippen LogP) is 5.57. The Kier molecular flexibility index (Phi) is 7.06. The van der Waals surface area contributed by atoms with Gasteiger partial charge in [0.2, 0.25) is 5.91 Å². The van der Waals surface area contributed by atoms with Crippen LogP contribution in [0.2, 0.25) is 0 Å². The van der Waals surface area contributed by atoms with Gasteiger partial charge in [0.25, 0.3) is 0 Å². The van der Waals surface area contributed by atoms with E-state index >= 15 is 0 Å². The van der Waals surface area contributed by atoms with Gasteiger partial charge in [0.05, 0.1) is 12.6 Å². The van der Waals surface area contributed by atoms with Crippen molar-refractivity contribution in [1.82, 2.24) is 10.2 Å². The fourth-order valence-corrected chi connectivity index (χ4v) is 6.53. The van der Waals surface area contributed by atoms with Crippen LogP contribution in [0.3, 0.4) is 0 Å². The van der Waals surface area contributed by atoms with E-state index in [1.54, 1.807) is 0 Å². The van der Waals surface area contributed by atoms with E-state index in [-0.39, 0.29) is 11.9 Å². The molecule has 1 amide bonds. The van der Waals surface area contributed by atoms with Gasteiger partial charge in [-0.1, -0.05) is 48.9 Å². The molecule has 30 heavy (non-hydrogen) atoms. The summed E-state index contributed by atoms with van der Waals surface area (Å²) in [6.07, 6.45) is 10.5. The highest BCUT2D eigenvalue weighted by atomic mass is 32.1. The second-order valence-corrected chi connectivity index (χ2v) is 9.83. The van der Waals surface area contributed by atoms with Crippen LogP contribution in [-0.4, -0.2) is 30.4 Å². The summed E-state index contributed by atoms with van der Waals surface area (Å²) in [4.78, 5) is 18.1. The van der Waals surface area contributed by atoms with Crippen molar-refractivity contribution >= 4 is 17.2 Å². The molecule has 0 unspecified atom stereocenters. The first-order valence-corrected chi connectivity index (χ1v) is 12.3. The zero-order chi connectivity index (χ0) is 20.9. The Hall–Kier alpha value is -1.91. The van der Waals surface area contributed by atoms with Gasteiger partial charge in [-0.3, -0.25) is 9.69 Å². The molecule has 1 aliphatic carbocycles. The molecule has 4 heteroatoms. The lowest BCUT2D eigenvalue weighted by Crippen LogP contribution is -2.43. The number of hydrogen-bond donors (Lipinski definition) is 1. The molecule has 0 fully saturated rings. The Morgan fingerprint density at radius 3 is 2.77 bits per heavy atom. The van der Waals surface area contributed by atoms with Gasteiger partial charge in [-0.15, -0.1) is 11.3 Å². The largest absolute Gasteiger partial charge is 0.355 e. The minimum Gasteiger partial charge on any atom is -0.355 e. The molecule has 2 aliphatic rings. The van der Waals surface area contributed by atoms with Crippen LogP contribution < -0.4 is 5.32 Å². The molecule has 0 radical (unpaired) electrons. The summed E-state index contributed by atoms with van der Waals surface area (Å²) >= 11 is 1.93. The molecular formula is C26H34N2OS.